The summed E-state index contributed by atoms with van der Waals surface area (Å²) in [4.78, 5) is 17.7. The van der Waals surface area contributed by atoms with E-state index in [0.717, 1.165) is 11.1 Å². The van der Waals surface area contributed by atoms with Crippen molar-refractivity contribution in [3.63, 3.8) is 0 Å². The van der Waals surface area contributed by atoms with E-state index in [1.807, 2.05) is 39.8 Å². The first-order valence-electron chi connectivity index (χ1n) is 10.0. The predicted molar refractivity (Wildman–Crippen MR) is 121 cm³/mol. The van der Waals surface area contributed by atoms with E-state index < -0.39 is 5.43 Å². The molecule has 0 bridgehead atoms. The Morgan fingerprint density at radius 3 is 2.23 bits per heavy atom. The first-order chi connectivity index (χ1) is 14.7. The van der Waals surface area contributed by atoms with Gasteiger partial charge in [0.25, 0.3) is 0 Å². The summed E-state index contributed by atoms with van der Waals surface area (Å²) < 4.78 is 13.2. The molecule has 0 aliphatic rings. The molecule has 0 fully saturated rings. The Morgan fingerprint density at radius 1 is 1.10 bits per heavy atom. The molecule has 164 valence electrons. The van der Waals surface area contributed by atoms with Gasteiger partial charge in [-0.25, -0.2) is 4.98 Å². The summed E-state index contributed by atoms with van der Waals surface area (Å²) in [5.41, 5.74) is 2.39. The number of imidazole rings is 1. The Bertz CT molecular complexity index is 1250. The van der Waals surface area contributed by atoms with Crippen LogP contribution in [0.4, 0.5) is 0 Å². The van der Waals surface area contributed by atoms with E-state index in [1.165, 1.54) is 7.11 Å². The van der Waals surface area contributed by atoms with Crippen molar-refractivity contribution < 1.29 is 19.4 Å². The maximum absolute atomic E-state index is 13.4. The molecular formula is C24H28N2O5. The summed E-state index contributed by atoms with van der Waals surface area (Å²) in [6.45, 7) is 7.75. The van der Waals surface area contributed by atoms with E-state index >= 15 is 0 Å². The molecule has 2 aromatic heterocycles. The van der Waals surface area contributed by atoms with Gasteiger partial charge in [-0.2, -0.15) is 0 Å². The first kappa shape index (κ1) is 22.2. The molecule has 0 aliphatic carbocycles. The molecule has 7 heteroatoms. The van der Waals surface area contributed by atoms with Crippen molar-refractivity contribution >= 4 is 11.0 Å². The largest absolute Gasteiger partial charge is 0.507 e. The molecule has 2 heterocycles. The molecular weight excluding hydrogens is 396 g/mol. The average Bonchev–Trinajstić information content (AvgIpc) is 3.12. The van der Waals surface area contributed by atoms with E-state index in [1.54, 1.807) is 24.0 Å². The maximum Gasteiger partial charge on any atom is 0.239 e. The number of rotatable bonds is 6. The van der Waals surface area contributed by atoms with Crippen molar-refractivity contribution in [2.24, 2.45) is 7.05 Å². The fourth-order valence-electron chi connectivity index (χ4n) is 3.41. The highest BCUT2D eigenvalue weighted by Crippen LogP contribution is 2.42. The lowest BCUT2D eigenvalue weighted by Crippen LogP contribution is -2.11. The number of hydrogen-bond donors (Lipinski definition) is 2. The van der Waals surface area contributed by atoms with E-state index in [9.17, 15) is 15.0 Å². The van der Waals surface area contributed by atoms with E-state index in [2.05, 4.69) is 4.98 Å². The van der Waals surface area contributed by atoms with Crippen LogP contribution in [0.2, 0.25) is 0 Å². The van der Waals surface area contributed by atoms with Gasteiger partial charge < -0.3 is 23.9 Å². The third-order valence-corrected chi connectivity index (χ3v) is 5.10. The van der Waals surface area contributed by atoms with Gasteiger partial charge in [-0.3, -0.25) is 4.79 Å². The Hall–Kier alpha value is -3.48. The van der Waals surface area contributed by atoms with Crippen LogP contribution in [0.3, 0.4) is 0 Å². The minimum Gasteiger partial charge on any atom is -0.507 e. The lowest BCUT2D eigenvalue weighted by Gasteiger charge is -2.16. The number of aryl methyl sites for hydroxylation is 1. The van der Waals surface area contributed by atoms with Crippen LogP contribution >= 0.6 is 0 Å². The second kappa shape index (κ2) is 8.71. The molecule has 0 spiro atoms. The van der Waals surface area contributed by atoms with E-state index in [0.29, 0.717) is 17.8 Å². The van der Waals surface area contributed by atoms with E-state index in [-0.39, 0.29) is 46.0 Å². The van der Waals surface area contributed by atoms with Crippen molar-refractivity contribution in [1.82, 2.24) is 9.55 Å². The van der Waals surface area contributed by atoms with Crippen LogP contribution in [0.15, 0.2) is 44.9 Å². The molecule has 2 N–H and O–H groups in total. The Labute approximate surface area is 180 Å². The second-order valence-corrected chi connectivity index (χ2v) is 7.98. The zero-order valence-corrected chi connectivity index (χ0v) is 18.7. The summed E-state index contributed by atoms with van der Waals surface area (Å²) >= 11 is 0. The molecule has 7 nitrogen and oxygen atoms in total. The molecule has 3 aromatic rings. The van der Waals surface area contributed by atoms with Crippen molar-refractivity contribution in [3.05, 3.63) is 57.0 Å². The fraction of sp³-hybridized carbons (Fsp3) is 0.333. The summed E-state index contributed by atoms with van der Waals surface area (Å²) in [5, 5.41) is 22.0. The summed E-state index contributed by atoms with van der Waals surface area (Å²) in [6, 6.07) is 0. The highest BCUT2D eigenvalue weighted by Gasteiger charge is 2.27. The van der Waals surface area contributed by atoms with Crippen molar-refractivity contribution in [2.45, 2.75) is 40.5 Å². The Kier molecular flexibility index (Phi) is 6.24. The number of aromatic nitrogens is 2. The van der Waals surface area contributed by atoms with Gasteiger partial charge in [-0.05, 0) is 40.5 Å². The summed E-state index contributed by atoms with van der Waals surface area (Å²) in [6.07, 6.45) is 7.73. The van der Waals surface area contributed by atoms with Crippen LogP contribution in [-0.2, 0) is 19.9 Å². The van der Waals surface area contributed by atoms with Crippen LogP contribution in [0.25, 0.3) is 22.6 Å². The quantitative estimate of drug-likeness (QED) is 0.560. The standard InChI is InChI=1S/C24H28N2O5/c1-13(2)7-9-15-18(27)16(10-8-14(3)4)21-17(19(15)28)20(29)22(30-6)23(31-21)24-25-11-12-26(24)5/h7-8,11-12,27-28H,9-10H2,1-6H3. The molecule has 0 amide bonds. The maximum atomic E-state index is 13.4. The number of hydrogen-bond acceptors (Lipinski definition) is 6. The average molecular weight is 424 g/mol. The number of ether oxygens (including phenoxy) is 1. The van der Waals surface area contributed by atoms with Gasteiger partial charge in [0.05, 0.1) is 7.11 Å². The van der Waals surface area contributed by atoms with Crippen LogP contribution in [-0.4, -0.2) is 26.9 Å². The molecule has 0 radical (unpaired) electrons. The van der Waals surface area contributed by atoms with Crippen LogP contribution in [0, 0.1) is 0 Å². The first-order valence-corrected chi connectivity index (χ1v) is 10.0. The molecule has 0 saturated carbocycles. The number of fused-ring (bicyclic) bond motifs is 1. The van der Waals surface area contributed by atoms with Gasteiger partial charge in [-0.15, -0.1) is 0 Å². The number of aromatic hydroxyl groups is 2. The van der Waals surface area contributed by atoms with Gasteiger partial charge >= 0.3 is 0 Å². The van der Waals surface area contributed by atoms with Gasteiger partial charge in [0.1, 0.15) is 22.5 Å². The highest BCUT2D eigenvalue weighted by molar-refractivity contribution is 5.92. The van der Waals surface area contributed by atoms with Gasteiger partial charge in [0, 0.05) is 30.6 Å². The number of phenolic OH excluding ortho intramolecular Hbond substituents is 2. The molecule has 0 atom stereocenters. The van der Waals surface area contributed by atoms with Crippen LogP contribution in [0.5, 0.6) is 17.2 Å². The highest BCUT2D eigenvalue weighted by atomic mass is 16.5. The number of nitrogens with zero attached hydrogens (tertiary/aromatic N) is 2. The van der Waals surface area contributed by atoms with Crippen LogP contribution in [0.1, 0.15) is 38.8 Å². The Morgan fingerprint density at radius 2 is 1.71 bits per heavy atom. The van der Waals surface area contributed by atoms with Gasteiger partial charge in [0.2, 0.25) is 16.9 Å². The lowest BCUT2D eigenvalue weighted by atomic mass is 9.96. The number of benzene rings is 1. The molecule has 1 aromatic carbocycles. The minimum atomic E-state index is -0.517. The molecule has 3 rings (SSSR count). The van der Waals surface area contributed by atoms with Crippen molar-refractivity contribution in [3.8, 4) is 28.8 Å². The topological polar surface area (TPSA) is 97.7 Å². The minimum absolute atomic E-state index is 0.0121. The molecule has 31 heavy (non-hydrogen) atoms. The normalized spacial score (nSPS) is 10.9. The summed E-state index contributed by atoms with van der Waals surface area (Å²) in [7, 11) is 3.14. The second-order valence-electron chi connectivity index (χ2n) is 7.98. The van der Waals surface area contributed by atoms with Crippen LogP contribution < -0.4 is 10.2 Å². The summed E-state index contributed by atoms with van der Waals surface area (Å²) in [5.74, 6) is 0.103. The smallest absolute Gasteiger partial charge is 0.239 e. The monoisotopic (exact) mass is 424 g/mol. The van der Waals surface area contributed by atoms with Gasteiger partial charge in [-0.1, -0.05) is 23.3 Å². The molecule has 0 unspecified atom stereocenters. The number of methoxy groups -OCH3 is 1. The van der Waals surface area contributed by atoms with Gasteiger partial charge in [0.15, 0.2) is 5.82 Å². The Balaban J connectivity index is 2.48. The zero-order valence-electron chi connectivity index (χ0n) is 18.7. The number of allylic oxidation sites excluding steroid dienone is 4. The fourth-order valence-corrected chi connectivity index (χ4v) is 3.41. The third kappa shape index (κ3) is 4.08. The SMILES string of the molecule is COc1c(-c2nccn2C)oc2c(CC=C(C)C)c(O)c(CC=C(C)C)c(O)c2c1=O. The molecule has 0 saturated heterocycles. The van der Waals surface area contributed by atoms with Crippen molar-refractivity contribution in [2.75, 3.05) is 7.11 Å². The predicted octanol–water partition coefficient (Wildman–Crippen LogP) is 4.63. The zero-order chi connectivity index (χ0) is 22.9. The number of phenols is 2. The molecule has 0 aliphatic heterocycles. The van der Waals surface area contributed by atoms with Crippen molar-refractivity contribution in [1.29, 1.82) is 0 Å². The van der Waals surface area contributed by atoms with E-state index in [4.69, 9.17) is 9.15 Å². The lowest BCUT2D eigenvalue weighted by molar-refractivity contribution is 0.395. The third-order valence-electron chi connectivity index (χ3n) is 5.10.